The average molecular weight is 250 g/mol. The number of allylic oxidation sites excluding steroid dienone is 1. The van der Waals surface area contributed by atoms with E-state index in [1.807, 2.05) is 6.08 Å². The molecule has 0 aromatic heterocycles. The number of carbonyl (C=O) groups excluding carboxylic acids is 1. The van der Waals surface area contributed by atoms with Gasteiger partial charge in [-0.25, -0.2) is 4.39 Å². The number of ketones is 1. The van der Waals surface area contributed by atoms with Gasteiger partial charge in [0.05, 0.1) is 12.7 Å². The summed E-state index contributed by atoms with van der Waals surface area (Å²) in [5, 5.41) is 0. The zero-order valence-electron chi connectivity index (χ0n) is 10.7. The molecule has 0 aliphatic carbocycles. The van der Waals surface area contributed by atoms with E-state index >= 15 is 0 Å². The van der Waals surface area contributed by atoms with Crippen molar-refractivity contribution < 1.29 is 13.9 Å². The molecule has 0 unspecified atom stereocenters. The summed E-state index contributed by atoms with van der Waals surface area (Å²) in [6.07, 6.45) is 5.91. The van der Waals surface area contributed by atoms with Crippen LogP contribution in [0.4, 0.5) is 4.39 Å². The summed E-state index contributed by atoms with van der Waals surface area (Å²) in [4.78, 5) is 11.9. The van der Waals surface area contributed by atoms with E-state index in [-0.39, 0.29) is 11.3 Å². The largest absolute Gasteiger partial charge is 0.496 e. The molecule has 0 saturated heterocycles. The zero-order valence-corrected chi connectivity index (χ0v) is 10.7. The summed E-state index contributed by atoms with van der Waals surface area (Å²) in [6, 6.07) is 4.43. The van der Waals surface area contributed by atoms with E-state index in [4.69, 9.17) is 4.74 Å². The van der Waals surface area contributed by atoms with Crippen LogP contribution < -0.4 is 4.74 Å². The minimum Gasteiger partial charge on any atom is -0.496 e. The molecule has 3 heteroatoms. The fourth-order valence-electron chi connectivity index (χ4n) is 1.82. The fourth-order valence-corrected chi connectivity index (χ4v) is 1.82. The summed E-state index contributed by atoms with van der Waals surface area (Å²) in [6.45, 7) is 3.64. The Balaban J connectivity index is 2.58. The Morgan fingerprint density at radius 2 is 2.17 bits per heavy atom. The van der Waals surface area contributed by atoms with Gasteiger partial charge in [-0.05, 0) is 31.4 Å². The van der Waals surface area contributed by atoms with Gasteiger partial charge < -0.3 is 4.74 Å². The van der Waals surface area contributed by atoms with E-state index in [0.29, 0.717) is 12.2 Å². The molecule has 1 aromatic rings. The van der Waals surface area contributed by atoms with Crippen LogP contribution in [0.1, 0.15) is 42.5 Å². The van der Waals surface area contributed by atoms with Crippen LogP contribution in [-0.2, 0) is 0 Å². The molecule has 0 atom stereocenters. The monoisotopic (exact) mass is 250 g/mol. The van der Waals surface area contributed by atoms with Crippen LogP contribution in [-0.4, -0.2) is 12.9 Å². The van der Waals surface area contributed by atoms with Gasteiger partial charge in [-0.1, -0.05) is 18.6 Å². The highest BCUT2D eigenvalue weighted by Crippen LogP contribution is 2.23. The summed E-state index contributed by atoms with van der Waals surface area (Å²) in [5.74, 6) is -0.389. The molecule has 0 aliphatic heterocycles. The lowest BCUT2D eigenvalue weighted by Gasteiger charge is -2.08. The zero-order chi connectivity index (χ0) is 13.4. The Morgan fingerprint density at radius 3 is 2.83 bits per heavy atom. The quantitative estimate of drug-likeness (QED) is 0.393. The van der Waals surface area contributed by atoms with Crippen molar-refractivity contribution >= 4 is 5.78 Å². The van der Waals surface area contributed by atoms with Crippen LogP contribution in [0, 0.1) is 5.82 Å². The summed E-state index contributed by atoms with van der Waals surface area (Å²) < 4.78 is 18.6. The first-order chi connectivity index (χ1) is 8.70. The number of hydrogen-bond acceptors (Lipinski definition) is 2. The lowest BCUT2D eigenvalue weighted by atomic mass is 10.0. The fraction of sp³-hybridized carbons (Fsp3) is 0.400. The van der Waals surface area contributed by atoms with E-state index in [9.17, 15) is 9.18 Å². The molecule has 0 saturated carbocycles. The highest BCUT2D eigenvalue weighted by molar-refractivity contribution is 5.98. The predicted molar refractivity (Wildman–Crippen MR) is 70.6 cm³/mol. The number of methoxy groups -OCH3 is 1. The third-order valence-electron chi connectivity index (χ3n) is 2.79. The van der Waals surface area contributed by atoms with Gasteiger partial charge in [-0.3, -0.25) is 4.79 Å². The number of ether oxygens (including phenoxy) is 1. The van der Waals surface area contributed by atoms with Gasteiger partial charge in [-0.15, -0.1) is 6.58 Å². The molecular weight excluding hydrogens is 231 g/mol. The van der Waals surface area contributed by atoms with Crippen LogP contribution in [0.5, 0.6) is 5.75 Å². The molecule has 98 valence electrons. The van der Waals surface area contributed by atoms with Gasteiger partial charge in [0.15, 0.2) is 5.78 Å². The van der Waals surface area contributed by atoms with E-state index in [2.05, 4.69) is 6.58 Å². The second kappa shape index (κ2) is 7.64. The van der Waals surface area contributed by atoms with Gasteiger partial charge >= 0.3 is 0 Å². The molecule has 1 aromatic carbocycles. The summed E-state index contributed by atoms with van der Waals surface area (Å²) in [7, 11) is 1.44. The molecule has 0 spiro atoms. The SMILES string of the molecule is C=CCCCCCC(=O)c1c(F)cccc1OC. The Bertz CT molecular complexity index is 413. The Hall–Kier alpha value is -1.64. The van der Waals surface area contributed by atoms with Gasteiger partial charge in [0.2, 0.25) is 0 Å². The van der Waals surface area contributed by atoms with E-state index in [0.717, 1.165) is 25.7 Å². The summed E-state index contributed by atoms with van der Waals surface area (Å²) in [5.41, 5.74) is 0.0729. The maximum Gasteiger partial charge on any atom is 0.169 e. The van der Waals surface area contributed by atoms with Gasteiger partial charge in [0.25, 0.3) is 0 Å². The lowest BCUT2D eigenvalue weighted by molar-refractivity contribution is 0.0972. The molecule has 0 aliphatic rings. The first-order valence-corrected chi connectivity index (χ1v) is 6.17. The number of benzene rings is 1. The highest BCUT2D eigenvalue weighted by Gasteiger charge is 2.16. The van der Waals surface area contributed by atoms with Gasteiger partial charge in [-0.2, -0.15) is 0 Å². The van der Waals surface area contributed by atoms with Crippen molar-refractivity contribution in [1.82, 2.24) is 0 Å². The summed E-state index contributed by atoms with van der Waals surface area (Å²) >= 11 is 0. The first kappa shape index (κ1) is 14.4. The average Bonchev–Trinajstić information content (AvgIpc) is 2.37. The molecule has 18 heavy (non-hydrogen) atoms. The molecule has 0 heterocycles. The van der Waals surface area contributed by atoms with Crippen LogP contribution in [0.2, 0.25) is 0 Å². The lowest BCUT2D eigenvalue weighted by Crippen LogP contribution is -2.05. The Kier molecular flexibility index (Phi) is 6.12. The van der Waals surface area contributed by atoms with Crippen molar-refractivity contribution in [2.24, 2.45) is 0 Å². The van der Waals surface area contributed by atoms with Crippen LogP contribution in [0.25, 0.3) is 0 Å². The van der Waals surface area contributed by atoms with Gasteiger partial charge in [0.1, 0.15) is 11.6 Å². The molecular formula is C15H19FO2. The molecule has 2 nitrogen and oxygen atoms in total. The minimum atomic E-state index is -0.509. The van der Waals surface area contributed by atoms with Crippen LogP contribution in [0.15, 0.2) is 30.9 Å². The van der Waals surface area contributed by atoms with Crippen molar-refractivity contribution in [3.8, 4) is 5.75 Å². The third kappa shape index (κ3) is 3.99. The topological polar surface area (TPSA) is 26.3 Å². The van der Waals surface area contributed by atoms with Crippen molar-refractivity contribution in [2.75, 3.05) is 7.11 Å². The maximum atomic E-state index is 13.6. The first-order valence-electron chi connectivity index (χ1n) is 6.17. The van der Waals surface area contributed by atoms with E-state index in [1.54, 1.807) is 6.07 Å². The van der Waals surface area contributed by atoms with Crippen molar-refractivity contribution in [3.05, 3.63) is 42.2 Å². The van der Waals surface area contributed by atoms with Gasteiger partial charge in [0, 0.05) is 6.42 Å². The maximum absolute atomic E-state index is 13.6. The second-order valence-corrected chi connectivity index (χ2v) is 4.13. The number of hydrogen-bond donors (Lipinski definition) is 0. The smallest absolute Gasteiger partial charge is 0.169 e. The van der Waals surface area contributed by atoms with E-state index in [1.165, 1.54) is 19.2 Å². The molecule has 0 bridgehead atoms. The number of Topliss-reactive ketones (excluding diaryl/α,β-unsaturated/α-hetero) is 1. The minimum absolute atomic E-state index is 0.0729. The number of unbranched alkanes of at least 4 members (excludes halogenated alkanes) is 3. The van der Waals surface area contributed by atoms with E-state index < -0.39 is 5.82 Å². The highest BCUT2D eigenvalue weighted by atomic mass is 19.1. The number of rotatable bonds is 8. The second-order valence-electron chi connectivity index (χ2n) is 4.13. The van der Waals surface area contributed by atoms with Crippen molar-refractivity contribution in [1.29, 1.82) is 0 Å². The Morgan fingerprint density at radius 1 is 1.39 bits per heavy atom. The normalized spacial score (nSPS) is 10.1. The van der Waals surface area contributed by atoms with Crippen LogP contribution in [0.3, 0.4) is 0 Å². The van der Waals surface area contributed by atoms with Crippen LogP contribution >= 0.6 is 0 Å². The standard InChI is InChI=1S/C15H19FO2/c1-3-4-5-6-7-10-13(17)15-12(16)9-8-11-14(15)18-2/h3,8-9,11H,1,4-7,10H2,2H3. The van der Waals surface area contributed by atoms with Crippen molar-refractivity contribution in [2.45, 2.75) is 32.1 Å². The third-order valence-corrected chi connectivity index (χ3v) is 2.79. The molecule has 0 amide bonds. The Labute approximate surface area is 107 Å². The van der Waals surface area contributed by atoms with Crippen molar-refractivity contribution in [3.63, 3.8) is 0 Å². The molecule has 0 N–H and O–H groups in total. The molecule has 1 rings (SSSR count). The predicted octanol–water partition coefficient (Wildman–Crippen LogP) is 4.15. The number of halogens is 1. The molecule has 0 fully saturated rings. The number of carbonyl (C=O) groups is 1. The molecule has 0 radical (unpaired) electrons.